The van der Waals surface area contributed by atoms with E-state index < -0.39 is 0 Å². The van der Waals surface area contributed by atoms with Gasteiger partial charge in [0, 0.05) is 6.04 Å². The van der Waals surface area contributed by atoms with Crippen LogP contribution in [-0.4, -0.2) is 34.7 Å². The lowest BCUT2D eigenvalue weighted by atomic mass is 9.84. The molecule has 2 unspecified atom stereocenters. The zero-order valence-electron chi connectivity index (χ0n) is 12.4. The summed E-state index contributed by atoms with van der Waals surface area (Å²) in [5.74, 6) is 1.96. The molecule has 0 radical (unpaired) electrons. The van der Waals surface area contributed by atoms with Crippen molar-refractivity contribution >= 4 is 11.3 Å². The van der Waals surface area contributed by atoms with Crippen LogP contribution in [0.2, 0.25) is 0 Å². The maximum absolute atomic E-state index is 5.92. The number of nitrogens with two attached hydrogens (primary N) is 1. The molecule has 2 N–H and O–H groups in total. The number of nitrogens with zero attached hydrogens (tertiary/aromatic N) is 3. The first kappa shape index (κ1) is 14.7. The molecule has 1 aliphatic carbocycles. The minimum Gasteiger partial charge on any atom is -0.333 e. The van der Waals surface area contributed by atoms with Gasteiger partial charge < -0.3 is 10.3 Å². The highest BCUT2D eigenvalue weighted by molar-refractivity contribution is 7.13. The molecule has 2 aromatic heterocycles. The summed E-state index contributed by atoms with van der Waals surface area (Å²) in [6.07, 6.45) is 5.04. The normalized spacial score (nSPS) is 22.8. The fourth-order valence-electron chi connectivity index (χ4n) is 3.20. The van der Waals surface area contributed by atoms with Crippen LogP contribution in [0.3, 0.4) is 0 Å². The number of rotatable bonds is 5. The molecule has 0 amide bonds. The first-order valence-corrected chi connectivity index (χ1v) is 8.42. The Hall–Kier alpha value is -1.24. The number of hydrogen-bond donors (Lipinski definition) is 1. The van der Waals surface area contributed by atoms with Crippen LogP contribution >= 0.6 is 11.3 Å². The highest BCUT2D eigenvalue weighted by Crippen LogP contribution is 2.28. The molecule has 2 heterocycles. The Kier molecular flexibility index (Phi) is 4.67. The summed E-state index contributed by atoms with van der Waals surface area (Å²) in [6.45, 7) is 1.48. The van der Waals surface area contributed by atoms with Crippen molar-refractivity contribution in [1.29, 1.82) is 0 Å². The fraction of sp³-hybridized carbons (Fsp3) is 0.600. The third-order valence-corrected chi connectivity index (χ3v) is 5.19. The van der Waals surface area contributed by atoms with Crippen molar-refractivity contribution in [1.82, 2.24) is 15.0 Å². The number of thiophene rings is 1. The van der Waals surface area contributed by atoms with E-state index in [-0.39, 0.29) is 0 Å². The van der Waals surface area contributed by atoms with Crippen molar-refractivity contribution in [3.63, 3.8) is 0 Å². The van der Waals surface area contributed by atoms with Gasteiger partial charge >= 0.3 is 0 Å². The van der Waals surface area contributed by atoms with Gasteiger partial charge in [-0.2, -0.15) is 4.98 Å². The minimum atomic E-state index is 0.535. The van der Waals surface area contributed by atoms with E-state index >= 15 is 0 Å². The van der Waals surface area contributed by atoms with Gasteiger partial charge in [0.1, 0.15) is 0 Å². The van der Waals surface area contributed by atoms with E-state index in [9.17, 15) is 0 Å². The van der Waals surface area contributed by atoms with Crippen LogP contribution in [0, 0.1) is 5.92 Å². The average Bonchev–Trinajstić information content (AvgIpc) is 3.17. The van der Waals surface area contributed by atoms with Crippen molar-refractivity contribution in [2.24, 2.45) is 11.7 Å². The molecule has 2 aromatic rings. The summed E-state index contributed by atoms with van der Waals surface area (Å²) in [7, 11) is 2.14. The zero-order chi connectivity index (χ0) is 14.7. The molecule has 0 aliphatic heterocycles. The van der Waals surface area contributed by atoms with E-state index in [0.29, 0.717) is 17.9 Å². The predicted molar refractivity (Wildman–Crippen MR) is 83.9 cm³/mol. The van der Waals surface area contributed by atoms with Gasteiger partial charge in [-0.3, -0.25) is 4.90 Å². The van der Waals surface area contributed by atoms with E-state index in [1.165, 1.54) is 25.7 Å². The molecular formula is C15H22N4OS. The van der Waals surface area contributed by atoms with Gasteiger partial charge in [0.25, 0.3) is 5.89 Å². The second kappa shape index (κ2) is 6.68. The second-order valence-corrected chi connectivity index (χ2v) is 6.70. The largest absolute Gasteiger partial charge is 0.333 e. The Morgan fingerprint density at radius 2 is 2.29 bits per heavy atom. The van der Waals surface area contributed by atoms with Crippen LogP contribution in [0.5, 0.6) is 0 Å². The van der Waals surface area contributed by atoms with Gasteiger partial charge in [-0.15, -0.1) is 11.3 Å². The van der Waals surface area contributed by atoms with Crippen molar-refractivity contribution < 1.29 is 4.52 Å². The summed E-state index contributed by atoms with van der Waals surface area (Å²) < 4.78 is 5.35. The predicted octanol–water partition coefficient (Wildman–Crippen LogP) is 2.75. The first-order valence-electron chi connectivity index (χ1n) is 7.54. The van der Waals surface area contributed by atoms with Gasteiger partial charge in [0.05, 0.1) is 11.4 Å². The Labute approximate surface area is 129 Å². The lowest BCUT2D eigenvalue weighted by molar-refractivity contribution is 0.124. The summed E-state index contributed by atoms with van der Waals surface area (Å²) in [5.41, 5.74) is 5.92. The highest BCUT2D eigenvalue weighted by Gasteiger charge is 2.28. The molecule has 1 fully saturated rings. The third kappa shape index (κ3) is 3.33. The highest BCUT2D eigenvalue weighted by atomic mass is 32.1. The molecule has 0 spiro atoms. The van der Waals surface area contributed by atoms with Gasteiger partial charge in [-0.25, -0.2) is 0 Å². The van der Waals surface area contributed by atoms with Gasteiger partial charge in [-0.1, -0.05) is 24.1 Å². The molecule has 1 aliphatic rings. The summed E-state index contributed by atoms with van der Waals surface area (Å²) in [6, 6.07) is 4.52. The maximum Gasteiger partial charge on any atom is 0.268 e. The number of hydrogen-bond acceptors (Lipinski definition) is 6. The van der Waals surface area contributed by atoms with Crippen LogP contribution in [0.1, 0.15) is 31.5 Å². The smallest absolute Gasteiger partial charge is 0.268 e. The molecule has 114 valence electrons. The van der Waals surface area contributed by atoms with E-state index in [2.05, 4.69) is 22.1 Å². The van der Waals surface area contributed by atoms with E-state index in [1.807, 2.05) is 17.5 Å². The third-order valence-electron chi connectivity index (χ3n) is 4.33. The van der Waals surface area contributed by atoms with Crippen molar-refractivity contribution in [3.05, 3.63) is 23.3 Å². The monoisotopic (exact) mass is 306 g/mol. The molecule has 5 nitrogen and oxygen atoms in total. The van der Waals surface area contributed by atoms with Crippen LogP contribution in [0.15, 0.2) is 22.0 Å². The molecule has 3 rings (SSSR count). The average molecular weight is 306 g/mol. The molecule has 6 heteroatoms. The van der Waals surface area contributed by atoms with Gasteiger partial charge in [-0.05, 0) is 43.8 Å². The van der Waals surface area contributed by atoms with E-state index in [1.54, 1.807) is 11.3 Å². The maximum atomic E-state index is 5.92. The van der Waals surface area contributed by atoms with Gasteiger partial charge in [0.2, 0.25) is 0 Å². The van der Waals surface area contributed by atoms with Crippen molar-refractivity contribution in [2.45, 2.75) is 38.3 Å². The van der Waals surface area contributed by atoms with E-state index in [0.717, 1.165) is 23.8 Å². The Balaban J connectivity index is 1.65. The molecular weight excluding hydrogens is 284 g/mol. The van der Waals surface area contributed by atoms with Crippen LogP contribution < -0.4 is 5.73 Å². The summed E-state index contributed by atoms with van der Waals surface area (Å²) in [5, 5.41) is 6.12. The standard InChI is InChI=1S/C15H22N4OS/c1-19(12-6-3-2-5-11(12)9-16)10-14-17-15(20-18-14)13-7-4-8-21-13/h4,7-8,11-12H,2-3,5-6,9-10,16H2,1H3. The van der Waals surface area contributed by atoms with Crippen LogP contribution in [-0.2, 0) is 6.54 Å². The topological polar surface area (TPSA) is 68.2 Å². The lowest BCUT2D eigenvalue weighted by Gasteiger charge is -2.36. The molecule has 1 saturated carbocycles. The SMILES string of the molecule is CN(Cc1noc(-c2cccs2)n1)C1CCCCC1CN. The first-order chi connectivity index (χ1) is 10.3. The van der Waals surface area contributed by atoms with E-state index in [4.69, 9.17) is 10.3 Å². The summed E-state index contributed by atoms with van der Waals surface area (Å²) >= 11 is 1.61. The zero-order valence-corrected chi connectivity index (χ0v) is 13.2. The minimum absolute atomic E-state index is 0.535. The lowest BCUT2D eigenvalue weighted by Crippen LogP contribution is -2.42. The molecule has 2 atom stereocenters. The van der Waals surface area contributed by atoms with Crippen LogP contribution in [0.25, 0.3) is 10.8 Å². The Morgan fingerprint density at radius 3 is 3.05 bits per heavy atom. The van der Waals surface area contributed by atoms with Crippen LogP contribution in [0.4, 0.5) is 0 Å². The second-order valence-electron chi connectivity index (χ2n) is 5.76. The molecule has 0 saturated heterocycles. The van der Waals surface area contributed by atoms with Crippen molar-refractivity contribution in [2.75, 3.05) is 13.6 Å². The molecule has 0 bridgehead atoms. The fourth-order valence-corrected chi connectivity index (χ4v) is 3.85. The summed E-state index contributed by atoms with van der Waals surface area (Å²) in [4.78, 5) is 7.85. The number of aromatic nitrogens is 2. The molecule has 21 heavy (non-hydrogen) atoms. The Morgan fingerprint density at radius 1 is 1.43 bits per heavy atom. The van der Waals surface area contributed by atoms with Crippen molar-refractivity contribution in [3.8, 4) is 10.8 Å². The quantitative estimate of drug-likeness (QED) is 0.920. The Bertz CT molecular complexity index is 554. The molecule has 0 aromatic carbocycles. The van der Waals surface area contributed by atoms with Gasteiger partial charge in [0.15, 0.2) is 5.82 Å².